The Balaban J connectivity index is 2.66. The van der Waals surface area contributed by atoms with Crippen LogP contribution in [0, 0.1) is 0 Å². The van der Waals surface area contributed by atoms with Crippen LogP contribution in [0.4, 0.5) is 26.3 Å². The Labute approximate surface area is 115 Å². The molecule has 7 heteroatoms. The molecule has 0 aromatic heterocycles. The average molecular weight is 306 g/mol. The summed E-state index contributed by atoms with van der Waals surface area (Å²) in [4.78, 5) is 0. The summed E-state index contributed by atoms with van der Waals surface area (Å²) in [6.07, 6.45) is -9.54. The molecule has 1 N–H and O–H groups in total. The highest BCUT2D eigenvalue weighted by atomic mass is 19.4. The van der Waals surface area contributed by atoms with Gasteiger partial charge in [-0.3, -0.25) is 0 Å². The first kappa shape index (κ1) is 15.2. The van der Waals surface area contributed by atoms with Gasteiger partial charge in [-0.15, -0.1) is 0 Å². The van der Waals surface area contributed by atoms with Gasteiger partial charge in [-0.05, 0) is 29.3 Å². The third-order valence-corrected chi connectivity index (χ3v) is 2.83. The van der Waals surface area contributed by atoms with Gasteiger partial charge in [0.25, 0.3) is 0 Å². The summed E-state index contributed by atoms with van der Waals surface area (Å²) in [6.45, 7) is 0. The van der Waals surface area contributed by atoms with Gasteiger partial charge < -0.3 is 5.11 Å². The quantitative estimate of drug-likeness (QED) is 0.727. The molecular weight excluding hydrogens is 298 g/mol. The van der Waals surface area contributed by atoms with Crippen molar-refractivity contribution in [2.75, 3.05) is 0 Å². The minimum Gasteiger partial charge on any atom is -0.507 e. The fraction of sp³-hybridized carbons (Fsp3) is 0.143. The van der Waals surface area contributed by atoms with Gasteiger partial charge in [0.05, 0.1) is 5.56 Å². The Morgan fingerprint density at radius 1 is 0.762 bits per heavy atom. The summed E-state index contributed by atoms with van der Waals surface area (Å²) in [6, 6.07) is 6.50. The second-order valence-corrected chi connectivity index (χ2v) is 4.28. The predicted molar refractivity (Wildman–Crippen MR) is 63.5 cm³/mol. The van der Waals surface area contributed by atoms with Gasteiger partial charge in [0.2, 0.25) is 0 Å². The average Bonchev–Trinajstić information content (AvgIpc) is 2.36. The molecule has 0 unspecified atom stereocenters. The van der Waals surface area contributed by atoms with Crippen LogP contribution in [0.3, 0.4) is 0 Å². The Kier molecular flexibility index (Phi) is 3.61. The SMILES string of the molecule is Oc1cccc(-c2cccc(C(F)(F)F)c2)c1C(F)(F)F. The van der Waals surface area contributed by atoms with E-state index in [2.05, 4.69) is 0 Å². The zero-order valence-corrected chi connectivity index (χ0v) is 10.3. The molecule has 0 aliphatic rings. The lowest BCUT2D eigenvalue weighted by Crippen LogP contribution is -2.08. The molecule has 0 aliphatic carbocycles. The van der Waals surface area contributed by atoms with Crippen LogP contribution in [0.2, 0.25) is 0 Å². The molecule has 0 amide bonds. The summed E-state index contributed by atoms with van der Waals surface area (Å²) in [7, 11) is 0. The normalized spacial score (nSPS) is 12.5. The molecular formula is C14H8F6O. The molecule has 2 aromatic carbocycles. The van der Waals surface area contributed by atoms with E-state index in [9.17, 15) is 31.4 Å². The van der Waals surface area contributed by atoms with Crippen LogP contribution in [0.25, 0.3) is 11.1 Å². The van der Waals surface area contributed by atoms with Crippen LogP contribution < -0.4 is 0 Å². The summed E-state index contributed by atoms with van der Waals surface area (Å²) in [5.41, 5.74) is -3.19. The zero-order chi connectivity index (χ0) is 15.8. The fourth-order valence-electron chi connectivity index (χ4n) is 1.94. The van der Waals surface area contributed by atoms with Crippen LogP contribution in [0.15, 0.2) is 42.5 Å². The second-order valence-electron chi connectivity index (χ2n) is 4.28. The number of phenols is 1. The van der Waals surface area contributed by atoms with E-state index in [1.54, 1.807) is 0 Å². The van der Waals surface area contributed by atoms with Crippen molar-refractivity contribution in [1.29, 1.82) is 0 Å². The van der Waals surface area contributed by atoms with E-state index in [4.69, 9.17) is 0 Å². The van der Waals surface area contributed by atoms with E-state index >= 15 is 0 Å². The van der Waals surface area contributed by atoms with E-state index in [0.29, 0.717) is 6.07 Å². The minimum absolute atomic E-state index is 0.270. The number of rotatable bonds is 1. The van der Waals surface area contributed by atoms with Crippen molar-refractivity contribution in [3.63, 3.8) is 0 Å². The molecule has 0 saturated carbocycles. The largest absolute Gasteiger partial charge is 0.507 e. The topological polar surface area (TPSA) is 20.2 Å². The molecule has 0 atom stereocenters. The van der Waals surface area contributed by atoms with Gasteiger partial charge >= 0.3 is 12.4 Å². The molecule has 0 aliphatic heterocycles. The van der Waals surface area contributed by atoms with E-state index in [-0.39, 0.29) is 5.56 Å². The first-order chi connectivity index (χ1) is 9.60. The number of aromatic hydroxyl groups is 1. The third kappa shape index (κ3) is 3.12. The van der Waals surface area contributed by atoms with Crippen molar-refractivity contribution >= 4 is 0 Å². The van der Waals surface area contributed by atoms with Gasteiger partial charge in [0.1, 0.15) is 11.3 Å². The van der Waals surface area contributed by atoms with E-state index in [1.165, 1.54) is 0 Å². The molecule has 0 bridgehead atoms. The molecule has 0 heterocycles. The van der Waals surface area contributed by atoms with Crippen molar-refractivity contribution in [2.24, 2.45) is 0 Å². The maximum atomic E-state index is 12.9. The van der Waals surface area contributed by atoms with E-state index in [0.717, 1.165) is 36.4 Å². The van der Waals surface area contributed by atoms with Crippen LogP contribution in [0.5, 0.6) is 5.75 Å². The van der Waals surface area contributed by atoms with Crippen molar-refractivity contribution in [3.8, 4) is 16.9 Å². The van der Waals surface area contributed by atoms with Crippen LogP contribution in [0.1, 0.15) is 11.1 Å². The smallest absolute Gasteiger partial charge is 0.420 e. The van der Waals surface area contributed by atoms with Crippen LogP contribution >= 0.6 is 0 Å². The minimum atomic E-state index is -4.88. The third-order valence-electron chi connectivity index (χ3n) is 2.83. The number of alkyl halides is 6. The Morgan fingerprint density at radius 3 is 1.95 bits per heavy atom. The Bertz CT molecular complexity index is 657. The van der Waals surface area contributed by atoms with E-state index < -0.39 is 34.8 Å². The van der Waals surface area contributed by atoms with Gasteiger partial charge in [-0.2, -0.15) is 26.3 Å². The maximum absolute atomic E-state index is 12.9. The lowest BCUT2D eigenvalue weighted by molar-refractivity contribution is -0.138. The molecule has 2 rings (SSSR count). The van der Waals surface area contributed by atoms with Crippen molar-refractivity contribution in [3.05, 3.63) is 53.6 Å². The molecule has 0 spiro atoms. The van der Waals surface area contributed by atoms with Gasteiger partial charge in [0.15, 0.2) is 0 Å². The van der Waals surface area contributed by atoms with Gasteiger partial charge in [-0.25, -0.2) is 0 Å². The number of phenolic OH excluding ortho intramolecular Hbond substituents is 1. The predicted octanol–water partition coefficient (Wildman–Crippen LogP) is 5.10. The summed E-state index contributed by atoms with van der Waals surface area (Å²) in [5, 5.41) is 9.38. The van der Waals surface area contributed by atoms with Gasteiger partial charge in [0, 0.05) is 0 Å². The Hall–Kier alpha value is -2.18. The summed E-state index contributed by atoms with van der Waals surface area (Å²) in [5.74, 6) is -1.03. The zero-order valence-electron chi connectivity index (χ0n) is 10.3. The highest BCUT2D eigenvalue weighted by Gasteiger charge is 2.37. The maximum Gasteiger partial charge on any atom is 0.420 e. The number of benzene rings is 2. The van der Waals surface area contributed by atoms with Crippen LogP contribution in [-0.2, 0) is 12.4 Å². The molecule has 1 nitrogen and oxygen atoms in total. The number of hydrogen-bond acceptors (Lipinski definition) is 1. The first-order valence-corrected chi connectivity index (χ1v) is 5.67. The van der Waals surface area contributed by atoms with Crippen molar-refractivity contribution in [1.82, 2.24) is 0 Å². The highest BCUT2D eigenvalue weighted by molar-refractivity contribution is 5.71. The standard InChI is InChI=1S/C14H8F6O/c15-13(16,17)9-4-1-3-8(7-9)10-5-2-6-11(21)12(10)14(18,19)20/h1-7,21H. The summed E-state index contributed by atoms with van der Waals surface area (Å²) < 4.78 is 76.7. The molecule has 0 fully saturated rings. The number of hydrogen-bond donors (Lipinski definition) is 1. The first-order valence-electron chi connectivity index (χ1n) is 5.67. The van der Waals surface area contributed by atoms with Gasteiger partial charge in [-0.1, -0.05) is 24.3 Å². The molecule has 0 saturated heterocycles. The lowest BCUT2D eigenvalue weighted by Gasteiger charge is -2.15. The lowest BCUT2D eigenvalue weighted by atomic mass is 9.97. The second kappa shape index (κ2) is 4.98. The summed E-state index contributed by atoms with van der Waals surface area (Å²) >= 11 is 0. The molecule has 0 radical (unpaired) electrons. The van der Waals surface area contributed by atoms with E-state index in [1.807, 2.05) is 0 Å². The molecule has 112 valence electrons. The van der Waals surface area contributed by atoms with Crippen molar-refractivity contribution < 1.29 is 31.4 Å². The fourth-order valence-corrected chi connectivity index (χ4v) is 1.94. The highest BCUT2D eigenvalue weighted by Crippen LogP contribution is 2.43. The molecule has 2 aromatic rings. The monoisotopic (exact) mass is 306 g/mol. The van der Waals surface area contributed by atoms with Crippen molar-refractivity contribution in [2.45, 2.75) is 12.4 Å². The Morgan fingerprint density at radius 2 is 1.38 bits per heavy atom. The van der Waals surface area contributed by atoms with Crippen LogP contribution in [-0.4, -0.2) is 5.11 Å². The molecule has 21 heavy (non-hydrogen) atoms. The number of halogens is 6.